The second kappa shape index (κ2) is 8.85. The van der Waals surface area contributed by atoms with Crippen molar-refractivity contribution < 1.29 is 9.59 Å². The van der Waals surface area contributed by atoms with Crippen LogP contribution in [-0.4, -0.2) is 11.8 Å². The van der Waals surface area contributed by atoms with Gasteiger partial charge in [-0.05, 0) is 80.8 Å². The number of aryl methyl sites for hydroxylation is 4. The Labute approximate surface area is 197 Å². The van der Waals surface area contributed by atoms with Gasteiger partial charge in [-0.1, -0.05) is 53.2 Å². The van der Waals surface area contributed by atoms with E-state index in [4.69, 9.17) is 11.6 Å². The van der Waals surface area contributed by atoms with Gasteiger partial charge in [0.25, 0.3) is 11.8 Å². The minimum Gasteiger partial charge on any atom is -0.350 e. The molecule has 0 saturated heterocycles. The van der Waals surface area contributed by atoms with Crippen LogP contribution in [0.3, 0.4) is 0 Å². The van der Waals surface area contributed by atoms with Crippen LogP contribution in [0.2, 0.25) is 5.02 Å². The number of carbonyl (C=O) groups is 2. The van der Waals surface area contributed by atoms with Gasteiger partial charge in [-0.25, -0.2) is 4.90 Å². The number of carbonyl (C=O) groups excluding carboxylic acids is 2. The zero-order chi connectivity index (χ0) is 23.0. The van der Waals surface area contributed by atoms with Crippen molar-refractivity contribution in [1.29, 1.82) is 0 Å². The molecule has 3 aromatic rings. The standard InChI is InChI=1S/C26H23ClN2O2S/c1-15-6-12-21(18(4)13-15)28-23-24(32-20-10-8-19(27)9-11-20)26(31)29(25(23)30)22-14-16(2)5-7-17(22)3/h5-14,28H,1-4H3. The van der Waals surface area contributed by atoms with Crippen LogP contribution in [0, 0.1) is 27.7 Å². The molecule has 1 heterocycles. The number of anilines is 2. The number of rotatable bonds is 5. The monoisotopic (exact) mass is 462 g/mol. The fourth-order valence-electron chi connectivity index (χ4n) is 3.60. The van der Waals surface area contributed by atoms with E-state index in [2.05, 4.69) is 5.32 Å². The topological polar surface area (TPSA) is 49.4 Å². The highest BCUT2D eigenvalue weighted by atomic mass is 35.5. The smallest absolute Gasteiger partial charge is 0.283 e. The maximum Gasteiger partial charge on any atom is 0.283 e. The lowest BCUT2D eigenvalue weighted by molar-refractivity contribution is -0.120. The highest BCUT2D eigenvalue weighted by molar-refractivity contribution is 8.04. The number of nitrogens with zero attached hydrogens (tertiary/aromatic N) is 1. The lowest BCUT2D eigenvalue weighted by Crippen LogP contribution is -2.33. The molecular formula is C26H23ClN2O2S. The first kappa shape index (κ1) is 22.2. The highest BCUT2D eigenvalue weighted by Gasteiger charge is 2.41. The number of nitrogens with one attached hydrogen (secondary N) is 1. The Balaban J connectivity index is 1.79. The van der Waals surface area contributed by atoms with E-state index >= 15 is 0 Å². The minimum atomic E-state index is -0.361. The molecule has 0 radical (unpaired) electrons. The van der Waals surface area contributed by atoms with Crippen molar-refractivity contribution in [3.8, 4) is 0 Å². The first-order valence-electron chi connectivity index (χ1n) is 10.2. The molecule has 1 aliphatic rings. The summed E-state index contributed by atoms with van der Waals surface area (Å²) in [5.41, 5.74) is 5.65. The average molecular weight is 463 g/mol. The molecule has 0 spiro atoms. The van der Waals surface area contributed by atoms with Crippen molar-refractivity contribution >= 4 is 46.6 Å². The van der Waals surface area contributed by atoms with E-state index in [1.807, 2.05) is 76.2 Å². The van der Waals surface area contributed by atoms with Crippen LogP contribution < -0.4 is 10.2 Å². The first-order chi connectivity index (χ1) is 15.2. The molecule has 3 aromatic carbocycles. The van der Waals surface area contributed by atoms with E-state index < -0.39 is 0 Å². The Hall–Kier alpha value is -3.02. The summed E-state index contributed by atoms with van der Waals surface area (Å²) in [4.78, 5) is 29.6. The van der Waals surface area contributed by atoms with Gasteiger partial charge in [0.2, 0.25) is 0 Å². The van der Waals surface area contributed by atoms with Crippen molar-refractivity contribution in [3.05, 3.63) is 98.5 Å². The summed E-state index contributed by atoms with van der Waals surface area (Å²) in [7, 11) is 0. The molecule has 1 N–H and O–H groups in total. The van der Waals surface area contributed by atoms with Gasteiger partial charge in [0.1, 0.15) is 10.6 Å². The predicted molar refractivity (Wildman–Crippen MR) is 132 cm³/mol. The van der Waals surface area contributed by atoms with E-state index in [-0.39, 0.29) is 17.5 Å². The fourth-order valence-corrected chi connectivity index (χ4v) is 4.66. The third-order valence-corrected chi connectivity index (χ3v) is 6.66. The number of thioether (sulfide) groups is 1. The Morgan fingerprint density at radius 2 is 1.44 bits per heavy atom. The van der Waals surface area contributed by atoms with Crippen molar-refractivity contribution in [3.63, 3.8) is 0 Å². The van der Waals surface area contributed by atoms with Crippen LogP contribution in [0.4, 0.5) is 11.4 Å². The van der Waals surface area contributed by atoms with Crippen molar-refractivity contribution in [2.75, 3.05) is 10.2 Å². The molecule has 32 heavy (non-hydrogen) atoms. The average Bonchev–Trinajstić information content (AvgIpc) is 2.97. The summed E-state index contributed by atoms with van der Waals surface area (Å²) in [6.07, 6.45) is 0. The third-order valence-electron chi connectivity index (χ3n) is 5.32. The number of hydrogen-bond donors (Lipinski definition) is 1. The third kappa shape index (κ3) is 4.31. The van der Waals surface area contributed by atoms with E-state index in [0.717, 1.165) is 32.8 Å². The molecule has 0 unspecified atom stereocenters. The molecule has 162 valence electrons. The second-order valence-corrected chi connectivity index (χ2v) is 9.46. The van der Waals surface area contributed by atoms with Crippen LogP contribution in [0.1, 0.15) is 22.3 Å². The van der Waals surface area contributed by atoms with E-state index in [1.165, 1.54) is 16.7 Å². The van der Waals surface area contributed by atoms with Crippen LogP contribution in [-0.2, 0) is 9.59 Å². The van der Waals surface area contributed by atoms with Crippen molar-refractivity contribution in [2.45, 2.75) is 32.6 Å². The first-order valence-corrected chi connectivity index (χ1v) is 11.4. The van der Waals surface area contributed by atoms with E-state index in [0.29, 0.717) is 15.6 Å². The normalized spacial score (nSPS) is 13.8. The summed E-state index contributed by atoms with van der Waals surface area (Å²) in [5, 5.41) is 3.87. The predicted octanol–water partition coefficient (Wildman–Crippen LogP) is 6.56. The molecule has 0 aromatic heterocycles. The quantitative estimate of drug-likeness (QED) is 0.436. The Kier molecular flexibility index (Phi) is 6.13. The number of hydrogen-bond acceptors (Lipinski definition) is 4. The summed E-state index contributed by atoms with van der Waals surface area (Å²) >= 11 is 7.28. The molecule has 2 amide bonds. The number of imide groups is 1. The number of amides is 2. The van der Waals surface area contributed by atoms with Gasteiger partial charge in [0, 0.05) is 15.6 Å². The molecule has 0 fully saturated rings. The van der Waals surface area contributed by atoms with Gasteiger partial charge in [0.05, 0.1) is 5.69 Å². The van der Waals surface area contributed by atoms with E-state index in [1.54, 1.807) is 12.1 Å². The molecule has 0 bridgehead atoms. The molecule has 0 aliphatic carbocycles. The van der Waals surface area contributed by atoms with Crippen molar-refractivity contribution in [1.82, 2.24) is 0 Å². The van der Waals surface area contributed by atoms with Crippen LogP contribution in [0.5, 0.6) is 0 Å². The summed E-state index contributed by atoms with van der Waals surface area (Å²) in [6.45, 7) is 7.84. The van der Waals surface area contributed by atoms with E-state index in [9.17, 15) is 9.59 Å². The van der Waals surface area contributed by atoms with Gasteiger partial charge >= 0.3 is 0 Å². The molecule has 4 nitrogen and oxygen atoms in total. The summed E-state index contributed by atoms with van der Waals surface area (Å²) < 4.78 is 0. The van der Waals surface area contributed by atoms with Crippen molar-refractivity contribution in [2.24, 2.45) is 0 Å². The molecule has 4 rings (SSSR count). The molecular weight excluding hydrogens is 440 g/mol. The van der Waals surface area contributed by atoms with Crippen LogP contribution >= 0.6 is 23.4 Å². The highest BCUT2D eigenvalue weighted by Crippen LogP contribution is 2.39. The maximum absolute atomic E-state index is 13.6. The Bertz CT molecular complexity index is 1270. The largest absolute Gasteiger partial charge is 0.350 e. The molecule has 1 aliphatic heterocycles. The van der Waals surface area contributed by atoms with Crippen LogP contribution in [0.15, 0.2) is 76.2 Å². The van der Waals surface area contributed by atoms with Gasteiger partial charge in [-0.2, -0.15) is 0 Å². The zero-order valence-corrected chi connectivity index (χ0v) is 19.9. The second-order valence-electron chi connectivity index (χ2n) is 7.94. The number of halogens is 1. The maximum atomic E-state index is 13.6. The lowest BCUT2D eigenvalue weighted by Gasteiger charge is -2.18. The lowest BCUT2D eigenvalue weighted by atomic mass is 10.1. The van der Waals surface area contributed by atoms with Gasteiger partial charge < -0.3 is 5.32 Å². The number of benzene rings is 3. The van der Waals surface area contributed by atoms with Gasteiger partial charge in [0.15, 0.2) is 0 Å². The molecule has 0 atom stereocenters. The zero-order valence-electron chi connectivity index (χ0n) is 18.3. The summed E-state index contributed by atoms with van der Waals surface area (Å²) in [6, 6.07) is 18.9. The van der Waals surface area contributed by atoms with Gasteiger partial charge in [-0.3, -0.25) is 9.59 Å². The molecule has 0 saturated carbocycles. The molecule has 6 heteroatoms. The Morgan fingerprint density at radius 3 is 2.12 bits per heavy atom. The van der Waals surface area contributed by atoms with Crippen LogP contribution in [0.25, 0.3) is 0 Å². The minimum absolute atomic E-state index is 0.280. The Morgan fingerprint density at radius 1 is 0.781 bits per heavy atom. The van der Waals surface area contributed by atoms with Gasteiger partial charge in [-0.15, -0.1) is 0 Å². The fraction of sp³-hybridized carbons (Fsp3) is 0.154. The summed E-state index contributed by atoms with van der Waals surface area (Å²) in [5.74, 6) is -0.698. The SMILES string of the molecule is Cc1ccc(NC2=C(Sc3ccc(Cl)cc3)C(=O)N(c3cc(C)ccc3C)C2=O)c(C)c1.